The van der Waals surface area contributed by atoms with Crippen LogP contribution in [0.1, 0.15) is 23.2 Å². The lowest BCUT2D eigenvalue weighted by Gasteiger charge is -2.36. The maximum absolute atomic E-state index is 11.0. The summed E-state index contributed by atoms with van der Waals surface area (Å²) in [5.74, 6) is -0.853. The summed E-state index contributed by atoms with van der Waals surface area (Å²) in [4.78, 5) is 15.8. The standard InChI is InChI=1S/C14H18N2O2/c17-14(18)11-2-1-3-13(10-11)16-8-6-15(7-9-16)12-4-5-12/h1-3,10,12H,4-9H2,(H,17,18). The molecule has 1 aliphatic heterocycles. The molecule has 0 spiro atoms. The van der Waals surface area contributed by atoms with Crippen LogP contribution in [0.4, 0.5) is 5.69 Å². The van der Waals surface area contributed by atoms with E-state index >= 15 is 0 Å². The van der Waals surface area contributed by atoms with Crippen molar-refractivity contribution in [2.75, 3.05) is 31.1 Å². The molecule has 0 amide bonds. The van der Waals surface area contributed by atoms with Crippen LogP contribution in [0.25, 0.3) is 0 Å². The lowest BCUT2D eigenvalue weighted by Crippen LogP contribution is -2.47. The minimum absolute atomic E-state index is 0.372. The van der Waals surface area contributed by atoms with Gasteiger partial charge in [-0.2, -0.15) is 0 Å². The van der Waals surface area contributed by atoms with E-state index in [9.17, 15) is 4.79 Å². The highest BCUT2D eigenvalue weighted by Gasteiger charge is 2.31. The van der Waals surface area contributed by atoms with Gasteiger partial charge >= 0.3 is 5.97 Å². The Kier molecular flexibility index (Phi) is 2.96. The molecule has 1 N–H and O–H groups in total. The summed E-state index contributed by atoms with van der Waals surface area (Å²) in [5.41, 5.74) is 1.41. The van der Waals surface area contributed by atoms with Crippen molar-refractivity contribution in [1.29, 1.82) is 0 Å². The summed E-state index contributed by atoms with van der Waals surface area (Å²) in [5, 5.41) is 9.00. The zero-order valence-corrected chi connectivity index (χ0v) is 10.4. The van der Waals surface area contributed by atoms with Crippen LogP contribution in [0, 0.1) is 0 Å². The summed E-state index contributed by atoms with van der Waals surface area (Å²) in [7, 11) is 0. The second-order valence-corrected chi connectivity index (χ2v) is 5.11. The fraction of sp³-hybridized carbons (Fsp3) is 0.500. The lowest BCUT2D eigenvalue weighted by atomic mass is 10.1. The second-order valence-electron chi connectivity index (χ2n) is 5.11. The van der Waals surface area contributed by atoms with Crippen LogP contribution < -0.4 is 4.90 Å². The Hall–Kier alpha value is -1.55. The molecule has 96 valence electrons. The second kappa shape index (κ2) is 4.61. The monoisotopic (exact) mass is 246 g/mol. The fourth-order valence-electron chi connectivity index (χ4n) is 2.62. The van der Waals surface area contributed by atoms with E-state index in [1.807, 2.05) is 12.1 Å². The minimum atomic E-state index is -0.853. The predicted molar refractivity (Wildman–Crippen MR) is 70.2 cm³/mol. The van der Waals surface area contributed by atoms with Crippen molar-refractivity contribution < 1.29 is 9.90 Å². The number of carboxylic acid groups (broad SMARTS) is 1. The third-order valence-electron chi connectivity index (χ3n) is 3.84. The van der Waals surface area contributed by atoms with Crippen LogP contribution in [-0.2, 0) is 0 Å². The Morgan fingerprint density at radius 3 is 2.50 bits per heavy atom. The van der Waals surface area contributed by atoms with Gasteiger partial charge in [-0.05, 0) is 31.0 Å². The number of hydrogen-bond acceptors (Lipinski definition) is 3. The van der Waals surface area contributed by atoms with Crippen molar-refractivity contribution in [2.24, 2.45) is 0 Å². The third-order valence-corrected chi connectivity index (χ3v) is 3.84. The number of benzene rings is 1. The van der Waals surface area contributed by atoms with Gasteiger partial charge in [0.05, 0.1) is 5.56 Å². The van der Waals surface area contributed by atoms with E-state index in [-0.39, 0.29) is 0 Å². The molecule has 3 rings (SSSR count). The Balaban J connectivity index is 1.67. The molecule has 4 nitrogen and oxygen atoms in total. The molecular formula is C14H18N2O2. The number of rotatable bonds is 3. The molecule has 1 aromatic carbocycles. The van der Waals surface area contributed by atoms with Gasteiger partial charge in [0.2, 0.25) is 0 Å². The molecule has 0 unspecified atom stereocenters. The molecule has 2 aliphatic rings. The molecule has 1 saturated carbocycles. The third kappa shape index (κ3) is 2.34. The maximum Gasteiger partial charge on any atom is 0.335 e. The summed E-state index contributed by atoms with van der Waals surface area (Å²) in [6, 6.07) is 8.07. The number of carbonyl (C=O) groups is 1. The van der Waals surface area contributed by atoms with Crippen molar-refractivity contribution in [3.63, 3.8) is 0 Å². The van der Waals surface area contributed by atoms with Crippen molar-refractivity contribution in [2.45, 2.75) is 18.9 Å². The Bertz CT molecular complexity index is 449. The van der Waals surface area contributed by atoms with Gasteiger partial charge in [-0.25, -0.2) is 4.79 Å². The molecule has 4 heteroatoms. The van der Waals surface area contributed by atoms with E-state index in [1.165, 1.54) is 12.8 Å². The van der Waals surface area contributed by atoms with Gasteiger partial charge in [-0.3, -0.25) is 4.90 Å². The smallest absolute Gasteiger partial charge is 0.335 e. The molecule has 0 radical (unpaired) electrons. The Labute approximate surface area is 107 Å². The van der Waals surface area contributed by atoms with E-state index < -0.39 is 5.97 Å². The van der Waals surface area contributed by atoms with Gasteiger partial charge in [0.25, 0.3) is 0 Å². The van der Waals surface area contributed by atoms with Gasteiger partial charge in [-0.15, -0.1) is 0 Å². The molecule has 0 atom stereocenters. The fourth-order valence-corrected chi connectivity index (χ4v) is 2.62. The topological polar surface area (TPSA) is 43.8 Å². The van der Waals surface area contributed by atoms with Gasteiger partial charge < -0.3 is 10.0 Å². The minimum Gasteiger partial charge on any atom is -0.478 e. The molecular weight excluding hydrogens is 228 g/mol. The molecule has 0 bridgehead atoms. The molecule has 2 fully saturated rings. The molecule has 1 saturated heterocycles. The first-order chi connectivity index (χ1) is 8.74. The molecule has 18 heavy (non-hydrogen) atoms. The average molecular weight is 246 g/mol. The van der Waals surface area contributed by atoms with Crippen molar-refractivity contribution in [1.82, 2.24) is 4.90 Å². The van der Waals surface area contributed by atoms with Gasteiger partial charge in [0.15, 0.2) is 0 Å². The summed E-state index contributed by atoms with van der Waals surface area (Å²) in [6.45, 7) is 4.20. The largest absolute Gasteiger partial charge is 0.478 e. The SMILES string of the molecule is O=C(O)c1cccc(N2CCN(C3CC3)CC2)c1. The number of hydrogen-bond donors (Lipinski definition) is 1. The van der Waals surface area contributed by atoms with E-state index in [2.05, 4.69) is 9.80 Å². The zero-order valence-electron chi connectivity index (χ0n) is 10.4. The van der Waals surface area contributed by atoms with Gasteiger partial charge in [0, 0.05) is 37.9 Å². The van der Waals surface area contributed by atoms with Crippen molar-refractivity contribution in [3.8, 4) is 0 Å². The zero-order chi connectivity index (χ0) is 12.5. The molecule has 1 aromatic rings. The highest BCUT2D eigenvalue weighted by Crippen LogP contribution is 2.28. The highest BCUT2D eigenvalue weighted by molar-refractivity contribution is 5.88. The lowest BCUT2D eigenvalue weighted by molar-refractivity contribution is 0.0697. The summed E-state index contributed by atoms with van der Waals surface area (Å²) < 4.78 is 0. The first-order valence-corrected chi connectivity index (χ1v) is 6.56. The van der Waals surface area contributed by atoms with E-state index in [4.69, 9.17) is 5.11 Å². The number of aromatic carboxylic acids is 1. The molecule has 1 aliphatic carbocycles. The van der Waals surface area contributed by atoms with Crippen LogP contribution in [0.5, 0.6) is 0 Å². The Morgan fingerprint density at radius 1 is 1.17 bits per heavy atom. The van der Waals surface area contributed by atoms with Crippen molar-refractivity contribution in [3.05, 3.63) is 29.8 Å². The predicted octanol–water partition coefficient (Wildman–Crippen LogP) is 1.67. The van der Waals surface area contributed by atoms with E-state index in [0.29, 0.717) is 5.56 Å². The Morgan fingerprint density at radius 2 is 1.89 bits per heavy atom. The quantitative estimate of drug-likeness (QED) is 0.881. The number of piperazine rings is 1. The first-order valence-electron chi connectivity index (χ1n) is 6.56. The average Bonchev–Trinajstić information content (AvgIpc) is 3.23. The number of nitrogens with zero attached hydrogens (tertiary/aromatic N) is 2. The number of anilines is 1. The van der Waals surface area contributed by atoms with Crippen molar-refractivity contribution >= 4 is 11.7 Å². The van der Waals surface area contributed by atoms with Crippen LogP contribution >= 0.6 is 0 Å². The normalized spacial score (nSPS) is 21.0. The molecule has 1 heterocycles. The van der Waals surface area contributed by atoms with Crippen LogP contribution in [-0.4, -0.2) is 48.2 Å². The maximum atomic E-state index is 11.0. The van der Waals surface area contributed by atoms with Gasteiger partial charge in [0.1, 0.15) is 0 Å². The van der Waals surface area contributed by atoms with E-state index in [1.54, 1.807) is 12.1 Å². The van der Waals surface area contributed by atoms with Crippen LogP contribution in [0.2, 0.25) is 0 Å². The molecule has 0 aromatic heterocycles. The van der Waals surface area contributed by atoms with Crippen LogP contribution in [0.3, 0.4) is 0 Å². The summed E-state index contributed by atoms with van der Waals surface area (Å²) in [6.07, 6.45) is 2.71. The number of carboxylic acids is 1. The van der Waals surface area contributed by atoms with Gasteiger partial charge in [-0.1, -0.05) is 6.07 Å². The highest BCUT2D eigenvalue weighted by atomic mass is 16.4. The van der Waals surface area contributed by atoms with Crippen LogP contribution in [0.15, 0.2) is 24.3 Å². The van der Waals surface area contributed by atoms with E-state index in [0.717, 1.165) is 37.9 Å². The first kappa shape index (κ1) is 11.5. The summed E-state index contributed by atoms with van der Waals surface area (Å²) >= 11 is 0.